The van der Waals surface area contributed by atoms with E-state index < -0.39 is 23.8 Å². The Balaban J connectivity index is 2.51. The minimum absolute atomic E-state index is 0.104. The van der Waals surface area contributed by atoms with Crippen LogP contribution in [0.5, 0.6) is 0 Å². The molecular weight excluding hydrogens is 239 g/mol. The monoisotopic (exact) mass is 247 g/mol. The molecule has 0 aliphatic carbocycles. The summed E-state index contributed by atoms with van der Waals surface area (Å²) >= 11 is 0. The SMILES string of the molecule is O=C(O)C1Cc2c(cccc2C(F)(F)F)N1O. The van der Waals surface area contributed by atoms with E-state index >= 15 is 0 Å². The van der Waals surface area contributed by atoms with Crippen LogP contribution in [-0.4, -0.2) is 22.3 Å². The highest BCUT2D eigenvalue weighted by molar-refractivity contribution is 5.81. The van der Waals surface area contributed by atoms with Crippen LogP contribution in [-0.2, 0) is 17.4 Å². The number of nitrogens with zero attached hydrogens (tertiary/aromatic N) is 1. The van der Waals surface area contributed by atoms with E-state index in [9.17, 15) is 23.2 Å². The van der Waals surface area contributed by atoms with Gasteiger partial charge in [0.15, 0.2) is 6.04 Å². The van der Waals surface area contributed by atoms with Crippen LogP contribution < -0.4 is 5.06 Å². The van der Waals surface area contributed by atoms with Gasteiger partial charge in [0.2, 0.25) is 0 Å². The van der Waals surface area contributed by atoms with Gasteiger partial charge in [-0.3, -0.25) is 5.21 Å². The van der Waals surface area contributed by atoms with E-state index in [1.165, 1.54) is 6.07 Å². The molecule has 7 heteroatoms. The van der Waals surface area contributed by atoms with E-state index in [0.717, 1.165) is 12.1 Å². The lowest BCUT2D eigenvalue weighted by Gasteiger charge is -2.16. The van der Waals surface area contributed by atoms with Crippen molar-refractivity contribution in [3.8, 4) is 0 Å². The molecule has 0 radical (unpaired) electrons. The Kier molecular flexibility index (Phi) is 2.50. The molecule has 17 heavy (non-hydrogen) atoms. The highest BCUT2D eigenvalue weighted by Crippen LogP contribution is 2.40. The third kappa shape index (κ3) is 1.82. The lowest BCUT2D eigenvalue weighted by molar-refractivity contribution is -0.141. The van der Waals surface area contributed by atoms with Crippen molar-refractivity contribution in [2.45, 2.75) is 18.6 Å². The molecule has 1 atom stereocenters. The predicted octanol–water partition coefficient (Wildman–Crippen LogP) is 1.91. The Morgan fingerprint density at radius 2 is 2.06 bits per heavy atom. The van der Waals surface area contributed by atoms with Crippen LogP contribution in [0.4, 0.5) is 18.9 Å². The van der Waals surface area contributed by atoms with Crippen LogP contribution in [0.1, 0.15) is 11.1 Å². The number of alkyl halides is 3. The predicted molar refractivity (Wildman–Crippen MR) is 50.8 cm³/mol. The first-order valence-electron chi connectivity index (χ1n) is 4.72. The van der Waals surface area contributed by atoms with Gasteiger partial charge in [0.25, 0.3) is 0 Å². The fourth-order valence-electron chi connectivity index (χ4n) is 1.91. The second kappa shape index (κ2) is 3.63. The molecule has 0 saturated heterocycles. The van der Waals surface area contributed by atoms with Crippen LogP contribution in [0.2, 0.25) is 0 Å². The lowest BCUT2D eigenvalue weighted by Crippen LogP contribution is -2.35. The Morgan fingerprint density at radius 3 is 2.59 bits per heavy atom. The molecule has 4 nitrogen and oxygen atoms in total. The summed E-state index contributed by atoms with van der Waals surface area (Å²) in [4.78, 5) is 10.8. The van der Waals surface area contributed by atoms with Gasteiger partial charge in [-0.1, -0.05) is 6.07 Å². The maximum atomic E-state index is 12.7. The molecule has 2 rings (SSSR count). The summed E-state index contributed by atoms with van der Waals surface area (Å²) in [6.07, 6.45) is -4.92. The number of carbonyl (C=O) groups is 1. The molecule has 1 aromatic carbocycles. The zero-order chi connectivity index (χ0) is 12.8. The molecule has 1 heterocycles. The van der Waals surface area contributed by atoms with E-state index in [-0.39, 0.29) is 17.7 Å². The molecule has 1 aliphatic heterocycles. The van der Waals surface area contributed by atoms with Crippen LogP contribution >= 0.6 is 0 Å². The number of anilines is 1. The van der Waals surface area contributed by atoms with Crippen molar-refractivity contribution < 1.29 is 28.3 Å². The molecule has 0 bridgehead atoms. The Bertz CT molecular complexity index is 472. The summed E-state index contributed by atoms with van der Waals surface area (Å²) in [5.41, 5.74) is -1.19. The summed E-state index contributed by atoms with van der Waals surface area (Å²) in [5, 5.41) is 18.6. The summed E-state index contributed by atoms with van der Waals surface area (Å²) in [6, 6.07) is 1.90. The van der Waals surface area contributed by atoms with Crippen molar-refractivity contribution in [1.82, 2.24) is 0 Å². The third-order valence-electron chi connectivity index (χ3n) is 2.68. The number of aliphatic carboxylic acids is 1. The fraction of sp³-hybridized carbons (Fsp3) is 0.300. The summed E-state index contributed by atoms with van der Waals surface area (Å²) in [5.74, 6) is -1.36. The van der Waals surface area contributed by atoms with Crippen LogP contribution in [0, 0.1) is 0 Å². The second-order valence-electron chi connectivity index (χ2n) is 3.70. The van der Waals surface area contributed by atoms with E-state index in [1.807, 2.05) is 0 Å². The molecule has 1 aromatic rings. The van der Waals surface area contributed by atoms with Crippen molar-refractivity contribution in [2.75, 3.05) is 5.06 Å². The second-order valence-corrected chi connectivity index (χ2v) is 3.70. The average molecular weight is 247 g/mol. The quantitative estimate of drug-likeness (QED) is 0.795. The maximum Gasteiger partial charge on any atom is 0.416 e. The van der Waals surface area contributed by atoms with Gasteiger partial charge in [-0.2, -0.15) is 13.2 Å². The third-order valence-corrected chi connectivity index (χ3v) is 2.68. The molecule has 1 aliphatic rings. The van der Waals surface area contributed by atoms with E-state index in [1.54, 1.807) is 0 Å². The topological polar surface area (TPSA) is 60.8 Å². The highest BCUT2D eigenvalue weighted by atomic mass is 19.4. The van der Waals surface area contributed by atoms with E-state index in [0.29, 0.717) is 5.06 Å². The van der Waals surface area contributed by atoms with E-state index in [4.69, 9.17) is 5.11 Å². The number of rotatable bonds is 1. The van der Waals surface area contributed by atoms with Gasteiger partial charge in [0.05, 0.1) is 11.3 Å². The molecule has 0 amide bonds. The van der Waals surface area contributed by atoms with Gasteiger partial charge in [-0.25, -0.2) is 9.86 Å². The number of carboxylic acids is 1. The lowest BCUT2D eigenvalue weighted by atomic mass is 10.0. The first kappa shape index (κ1) is 11.7. The standard InChI is InChI=1S/C10H8F3NO3/c11-10(12,13)6-2-1-3-7-5(6)4-8(9(15)16)14(7)17/h1-3,8,17H,4H2,(H,15,16). The largest absolute Gasteiger partial charge is 0.480 e. The summed E-state index contributed by atoms with van der Waals surface area (Å²) in [6.45, 7) is 0. The first-order chi connectivity index (χ1) is 7.82. The maximum absolute atomic E-state index is 12.7. The van der Waals surface area contributed by atoms with Gasteiger partial charge in [-0.05, 0) is 17.7 Å². The Labute approximate surface area is 93.8 Å². The smallest absolute Gasteiger partial charge is 0.416 e. The van der Waals surface area contributed by atoms with Crippen LogP contribution in [0.3, 0.4) is 0 Å². The molecule has 0 saturated carbocycles. The Morgan fingerprint density at radius 1 is 1.41 bits per heavy atom. The number of carboxylic acid groups (broad SMARTS) is 1. The first-order valence-corrected chi connectivity index (χ1v) is 4.72. The number of hydroxylamine groups is 1. The van der Waals surface area contributed by atoms with Crippen LogP contribution in [0.15, 0.2) is 18.2 Å². The molecular formula is C10H8F3NO3. The molecule has 0 spiro atoms. The van der Waals surface area contributed by atoms with Crippen molar-refractivity contribution in [3.63, 3.8) is 0 Å². The molecule has 0 aromatic heterocycles. The van der Waals surface area contributed by atoms with Gasteiger partial charge < -0.3 is 5.11 Å². The van der Waals surface area contributed by atoms with Crippen molar-refractivity contribution >= 4 is 11.7 Å². The molecule has 0 fully saturated rings. The zero-order valence-electron chi connectivity index (χ0n) is 8.40. The molecule has 92 valence electrons. The van der Waals surface area contributed by atoms with Gasteiger partial charge in [0.1, 0.15) is 0 Å². The molecule has 2 N–H and O–H groups in total. The van der Waals surface area contributed by atoms with Gasteiger partial charge >= 0.3 is 12.1 Å². The van der Waals surface area contributed by atoms with Crippen molar-refractivity contribution in [3.05, 3.63) is 29.3 Å². The number of fused-ring (bicyclic) bond motifs is 1. The molecule has 1 unspecified atom stereocenters. The highest BCUT2D eigenvalue weighted by Gasteiger charge is 2.41. The van der Waals surface area contributed by atoms with Crippen LogP contribution in [0.25, 0.3) is 0 Å². The minimum atomic E-state index is -4.56. The number of hydrogen-bond acceptors (Lipinski definition) is 3. The number of halogens is 3. The minimum Gasteiger partial charge on any atom is -0.480 e. The average Bonchev–Trinajstić information content (AvgIpc) is 2.55. The normalized spacial score (nSPS) is 19.3. The zero-order valence-corrected chi connectivity index (χ0v) is 8.40. The Hall–Kier alpha value is -1.76. The van der Waals surface area contributed by atoms with Crippen molar-refractivity contribution in [1.29, 1.82) is 0 Å². The van der Waals surface area contributed by atoms with Crippen molar-refractivity contribution in [2.24, 2.45) is 0 Å². The van der Waals surface area contributed by atoms with Gasteiger partial charge in [0, 0.05) is 6.42 Å². The number of hydrogen-bond donors (Lipinski definition) is 2. The fourth-order valence-corrected chi connectivity index (χ4v) is 1.91. The summed E-state index contributed by atoms with van der Waals surface area (Å²) in [7, 11) is 0. The summed E-state index contributed by atoms with van der Waals surface area (Å²) < 4.78 is 38.0. The van der Waals surface area contributed by atoms with Gasteiger partial charge in [-0.15, -0.1) is 0 Å². The number of benzene rings is 1. The van der Waals surface area contributed by atoms with E-state index in [2.05, 4.69) is 0 Å².